The van der Waals surface area contributed by atoms with Gasteiger partial charge in [-0.25, -0.2) is 9.67 Å². The molecule has 0 amide bonds. The van der Waals surface area contributed by atoms with E-state index >= 15 is 0 Å². The van der Waals surface area contributed by atoms with Gasteiger partial charge in [0.15, 0.2) is 5.76 Å². The zero-order chi connectivity index (χ0) is 9.10. The van der Waals surface area contributed by atoms with Gasteiger partial charge in [-0.3, -0.25) is 0 Å². The Morgan fingerprint density at radius 2 is 2.46 bits per heavy atom. The lowest BCUT2D eigenvalue weighted by molar-refractivity contribution is 0.366. The maximum Gasteiger partial charge on any atom is 0.158 e. The van der Waals surface area contributed by atoms with Crippen molar-refractivity contribution in [1.82, 2.24) is 19.9 Å². The molecule has 0 fully saturated rings. The summed E-state index contributed by atoms with van der Waals surface area (Å²) in [4.78, 5) is 3.81. The van der Waals surface area contributed by atoms with E-state index in [9.17, 15) is 0 Å². The highest BCUT2D eigenvalue weighted by molar-refractivity contribution is 5.04. The Morgan fingerprint density at radius 3 is 3.08 bits per heavy atom. The minimum Gasteiger partial charge on any atom is -0.359 e. The first kappa shape index (κ1) is 7.93. The number of nitrogens with zero attached hydrogens (tertiary/aromatic N) is 4. The molecule has 0 unspecified atom stereocenters. The van der Waals surface area contributed by atoms with Crippen LogP contribution in [0.4, 0.5) is 0 Å². The lowest BCUT2D eigenvalue weighted by Gasteiger charge is -1.92. The number of nitrogens with two attached hydrogens (primary N) is 1. The van der Waals surface area contributed by atoms with Crippen molar-refractivity contribution in [2.45, 2.75) is 13.1 Å². The predicted molar refractivity (Wildman–Crippen MR) is 43.5 cm³/mol. The third-order valence-electron chi connectivity index (χ3n) is 1.60. The van der Waals surface area contributed by atoms with Gasteiger partial charge in [0.25, 0.3) is 0 Å². The Bertz CT molecular complexity index is 366. The third kappa shape index (κ3) is 1.73. The largest absolute Gasteiger partial charge is 0.359 e. The van der Waals surface area contributed by atoms with Crippen LogP contribution in [0.1, 0.15) is 11.5 Å². The molecule has 0 aliphatic rings. The average molecular weight is 179 g/mol. The number of hydrogen-bond acceptors (Lipinski definition) is 5. The summed E-state index contributed by atoms with van der Waals surface area (Å²) in [5.74, 6) is 0.728. The van der Waals surface area contributed by atoms with E-state index in [0.717, 1.165) is 11.5 Å². The summed E-state index contributed by atoms with van der Waals surface area (Å²) in [6.45, 7) is 0.924. The molecule has 2 aromatic rings. The predicted octanol–water partition coefficient (Wildman–Crippen LogP) is -0.227. The van der Waals surface area contributed by atoms with Gasteiger partial charge in [0.2, 0.25) is 0 Å². The third-order valence-corrected chi connectivity index (χ3v) is 1.60. The number of rotatable bonds is 3. The molecule has 0 saturated carbocycles. The van der Waals surface area contributed by atoms with Gasteiger partial charge in [-0.2, -0.15) is 5.10 Å². The first-order chi connectivity index (χ1) is 6.38. The Kier molecular flexibility index (Phi) is 2.05. The highest BCUT2D eigenvalue weighted by atomic mass is 16.5. The molecule has 13 heavy (non-hydrogen) atoms. The van der Waals surface area contributed by atoms with E-state index in [2.05, 4.69) is 15.2 Å². The van der Waals surface area contributed by atoms with Crippen molar-refractivity contribution in [2.24, 2.45) is 5.73 Å². The van der Waals surface area contributed by atoms with Crippen LogP contribution in [-0.4, -0.2) is 19.9 Å². The summed E-state index contributed by atoms with van der Waals surface area (Å²) in [5.41, 5.74) is 6.12. The summed E-state index contributed by atoms with van der Waals surface area (Å²) in [7, 11) is 0. The van der Waals surface area contributed by atoms with Crippen LogP contribution >= 0.6 is 0 Å². The van der Waals surface area contributed by atoms with Gasteiger partial charge in [0, 0.05) is 12.6 Å². The molecule has 6 nitrogen and oxygen atoms in total. The van der Waals surface area contributed by atoms with Crippen molar-refractivity contribution in [2.75, 3.05) is 0 Å². The molecule has 0 atom stereocenters. The van der Waals surface area contributed by atoms with Crippen LogP contribution in [0.3, 0.4) is 0 Å². The smallest absolute Gasteiger partial charge is 0.158 e. The van der Waals surface area contributed by atoms with Crippen molar-refractivity contribution in [3.05, 3.63) is 30.2 Å². The quantitative estimate of drug-likeness (QED) is 0.703. The van der Waals surface area contributed by atoms with E-state index in [-0.39, 0.29) is 0 Å². The summed E-state index contributed by atoms with van der Waals surface area (Å²) < 4.78 is 6.66. The summed E-state index contributed by atoms with van der Waals surface area (Å²) in [5, 5.41) is 7.69. The van der Waals surface area contributed by atoms with E-state index in [1.807, 2.05) is 6.07 Å². The highest BCUT2D eigenvalue weighted by Gasteiger charge is 2.03. The highest BCUT2D eigenvalue weighted by Crippen LogP contribution is 2.03. The van der Waals surface area contributed by atoms with Crippen molar-refractivity contribution < 1.29 is 4.52 Å². The maximum absolute atomic E-state index is 5.38. The summed E-state index contributed by atoms with van der Waals surface area (Å²) in [6.07, 6.45) is 3.09. The Labute approximate surface area is 74.4 Å². The second-order valence-corrected chi connectivity index (χ2v) is 2.58. The van der Waals surface area contributed by atoms with Crippen LogP contribution < -0.4 is 5.73 Å². The van der Waals surface area contributed by atoms with Crippen LogP contribution in [0.25, 0.3) is 0 Å². The van der Waals surface area contributed by atoms with E-state index in [0.29, 0.717) is 13.1 Å². The van der Waals surface area contributed by atoms with E-state index in [4.69, 9.17) is 10.3 Å². The molecule has 0 aromatic carbocycles. The minimum atomic E-state index is 0.390. The molecule has 0 bridgehead atoms. The molecule has 0 aliphatic heterocycles. The van der Waals surface area contributed by atoms with Gasteiger partial charge in [-0.1, -0.05) is 5.16 Å². The fraction of sp³-hybridized carbons (Fsp3) is 0.286. The van der Waals surface area contributed by atoms with Gasteiger partial charge in [0.05, 0.1) is 5.69 Å². The Balaban J connectivity index is 2.10. The van der Waals surface area contributed by atoms with E-state index in [1.54, 1.807) is 11.0 Å². The molecule has 2 rings (SSSR count). The summed E-state index contributed by atoms with van der Waals surface area (Å²) in [6, 6.07) is 1.81. The van der Waals surface area contributed by atoms with Crippen LogP contribution in [0.15, 0.2) is 23.2 Å². The van der Waals surface area contributed by atoms with Gasteiger partial charge in [-0.15, -0.1) is 0 Å². The first-order valence-electron chi connectivity index (χ1n) is 3.85. The van der Waals surface area contributed by atoms with Crippen molar-refractivity contribution in [3.8, 4) is 0 Å². The Morgan fingerprint density at radius 1 is 1.54 bits per heavy atom. The monoisotopic (exact) mass is 179 g/mol. The molecule has 2 aromatic heterocycles. The van der Waals surface area contributed by atoms with Gasteiger partial charge >= 0.3 is 0 Å². The molecule has 68 valence electrons. The molecule has 0 aliphatic carbocycles. The number of aromatic nitrogens is 4. The topological polar surface area (TPSA) is 82.8 Å². The van der Waals surface area contributed by atoms with Crippen LogP contribution in [-0.2, 0) is 13.1 Å². The van der Waals surface area contributed by atoms with Gasteiger partial charge in [-0.05, 0) is 0 Å². The van der Waals surface area contributed by atoms with Crippen molar-refractivity contribution in [3.63, 3.8) is 0 Å². The zero-order valence-electron chi connectivity index (χ0n) is 6.92. The fourth-order valence-electron chi connectivity index (χ4n) is 1.00. The fourth-order valence-corrected chi connectivity index (χ4v) is 1.00. The van der Waals surface area contributed by atoms with Gasteiger partial charge < -0.3 is 10.3 Å². The lowest BCUT2D eigenvalue weighted by Crippen LogP contribution is -1.98. The second kappa shape index (κ2) is 3.36. The molecular weight excluding hydrogens is 170 g/mol. The maximum atomic E-state index is 5.38. The van der Waals surface area contributed by atoms with Crippen LogP contribution in [0, 0.1) is 0 Å². The summed E-state index contributed by atoms with van der Waals surface area (Å²) >= 11 is 0. The molecule has 2 heterocycles. The lowest BCUT2D eigenvalue weighted by atomic mass is 10.3. The SMILES string of the molecule is NCc1cc(Cn2cncn2)on1. The standard InChI is InChI=1S/C7H9N5O/c8-2-6-1-7(13-11-6)3-12-5-9-4-10-12/h1,4-5H,2-3,8H2. The molecule has 6 heteroatoms. The second-order valence-electron chi connectivity index (χ2n) is 2.58. The number of hydrogen-bond donors (Lipinski definition) is 1. The molecule has 0 saturated heterocycles. The van der Waals surface area contributed by atoms with Crippen molar-refractivity contribution in [1.29, 1.82) is 0 Å². The average Bonchev–Trinajstić information content (AvgIpc) is 2.76. The van der Waals surface area contributed by atoms with Crippen molar-refractivity contribution >= 4 is 0 Å². The molecule has 0 radical (unpaired) electrons. The molecule has 2 N–H and O–H groups in total. The van der Waals surface area contributed by atoms with Gasteiger partial charge in [0.1, 0.15) is 19.2 Å². The minimum absolute atomic E-state index is 0.390. The van der Waals surface area contributed by atoms with E-state index in [1.165, 1.54) is 6.33 Å². The molecule has 0 spiro atoms. The molecular formula is C7H9N5O. The first-order valence-corrected chi connectivity index (χ1v) is 3.85. The van der Waals surface area contributed by atoms with Crippen LogP contribution in [0.2, 0.25) is 0 Å². The van der Waals surface area contributed by atoms with Crippen LogP contribution in [0.5, 0.6) is 0 Å². The zero-order valence-corrected chi connectivity index (χ0v) is 6.92. The Hall–Kier alpha value is -1.69. The normalized spacial score (nSPS) is 10.5. The van der Waals surface area contributed by atoms with E-state index < -0.39 is 0 Å².